The Labute approximate surface area is 174 Å². The SMILES string of the molecule is Cc1cc(-c2ccc(F)cc2)cc([C@H]2CCCN(C(=O)Cn3cccnc3=O)C2)n1. The summed E-state index contributed by atoms with van der Waals surface area (Å²) in [5, 5.41) is 0. The predicted octanol–water partition coefficient (Wildman–Crippen LogP) is 3.16. The molecule has 1 aromatic carbocycles. The highest BCUT2D eigenvalue weighted by Crippen LogP contribution is 2.29. The summed E-state index contributed by atoms with van der Waals surface area (Å²) >= 11 is 0. The van der Waals surface area contributed by atoms with Gasteiger partial charge in [-0.3, -0.25) is 14.3 Å². The first-order valence-electron chi connectivity index (χ1n) is 10.0. The molecule has 1 amide bonds. The van der Waals surface area contributed by atoms with Crippen molar-refractivity contribution in [2.45, 2.75) is 32.2 Å². The third-order valence-corrected chi connectivity index (χ3v) is 5.43. The Morgan fingerprint density at radius 2 is 2.00 bits per heavy atom. The molecule has 1 atom stereocenters. The molecule has 1 aliphatic heterocycles. The van der Waals surface area contributed by atoms with Crippen LogP contribution in [0.3, 0.4) is 0 Å². The van der Waals surface area contributed by atoms with Gasteiger partial charge < -0.3 is 4.90 Å². The molecular weight excluding hydrogens is 383 g/mol. The van der Waals surface area contributed by atoms with Gasteiger partial charge in [0.25, 0.3) is 0 Å². The first-order chi connectivity index (χ1) is 14.5. The molecule has 154 valence electrons. The summed E-state index contributed by atoms with van der Waals surface area (Å²) in [6.45, 7) is 3.16. The lowest BCUT2D eigenvalue weighted by Crippen LogP contribution is -2.42. The molecule has 1 aliphatic rings. The molecule has 0 spiro atoms. The number of likely N-dealkylation sites (tertiary alicyclic amines) is 1. The van der Waals surface area contributed by atoms with E-state index >= 15 is 0 Å². The first-order valence-corrected chi connectivity index (χ1v) is 10.0. The molecule has 3 aromatic rings. The number of aromatic nitrogens is 3. The van der Waals surface area contributed by atoms with Gasteiger partial charge in [0.05, 0.1) is 0 Å². The lowest BCUT2D eigenvalue weighted by atomic mass is 9.92. The molecule has 0 unspecified atom stereocenters. The fraction of sp³-hybridized carbons (Fsp3) is 0.304. The Bertz CT molecular complexity index is 1110. The normalized spacial score (nSPS) is 16.5. The standard InChI is InChI=1S/C23H23FN4O2/c1-16-12-19(17-5-7-20(24)8-6-17)13-21(26-16)18-4-2-10-27(14-18)22(29)15-28-11-3-9-25-23(28)30/h3,5-9,11-13,18H,2,4,10,14-15H2,1H3/t18-/m0/s1. The van der Waals surface area contributed by atoms with Gasteiger partial charge in [0, 0.05) is 42.8 Å². The zero-order valence-corrected chi connectivity index (χ0v) is 16.8. The van der Waals surface area contributed by atoms with Gasteiger partial charge in [-0.25, -0.2) is 14.2 Å². The second kappa shape index (κ2) is 8.57. The molecule has 2 aromatic heterocycles. The third-order valence-electron chi connectivity index (χ3n) is 5.43. The van der Waals surface area contributed by atoms with Crippen molar-refractivity contribution in [1.29, 1.82) is 0 Å². The minimum Gasteiger partial charge on any atom is -0.340 e. The van der Waals surface area contributed by atoms with Crippen molar-refractivity contribution in [1.82, 2.24) is 19.4 Å². The Morgan fingerprint density at radius 3 is 2.77 bits per heavy atom. The van der Waals surface area contributed by atoms with Crippen molar-refractivity contribution >= 4 is 5.91 Å². The maximum atomic E-state index is 13.3. The molecule has 4 rings (SSSR count). The van der Waals surface area contributed by atoms with Crippen molar-refractivity contribution in [3.05, 3.63) is 82.5 Å². The van der Waals surface area contributed by atoms with E-state index in [0.29, 0.717) is 13.1 Å². The first kappa shape index (κ1) is 19.9. The number of carbonyl (C=O) groups is 1. The Kier molecular flexibility index (Phi) is 5.70. The molecule has 0 bridgehead atoms. The van der Waals surface area contributed by atoms with E-state index < -0.39 is 5.69 Å². The summed E-state index contributed by atoms with van der Waals surface area (Å²) in [6.07, 6.45) is 4.81. The van der Waals surface area contributed by atoms with Crippen molar-refractivity contribution in [3.63, 3.8) is 0 Å². The van der Waals surface area contributed by atoms with Crippen LogP contribution in [0.2, 0.25) is 0 Å². The second-order valence-electron chi connectivity index (χ2n) is 7.64. The third kappa shape index (κ3) is 4.45. The highest BCUT2D eigenvalue weighted by Gasteiger charge is 2.26. The maximum absolute atomic E-state index is 13.3. The number of hydrogen-bond acceptors (Lipinski definition) is 4. The zero-order chi connectivity index (χ0) is 21.1. The highest BCUT2D eigenvalue weighted by atomic mass is 19.1. The summed E-state index contributed by atoms with van der Waals surface area (Å²) in [5.41, 5.74) is 3.32. The molecule has 0 radical (unpaired) electrons. The lowest BCUT2D eigenvalue weighted by molar-refractivity contribution is -0.133. The Morgan fingerprint density at radius 1 is 1.20 bits per heavy atom. The average Bonchev–Trinajstić information content (AvgIpc) is 2.75. The number of aryl methyl sites for hydroxylation is 1. The van der Waals surface area contributed by atoms with Crippen molar-refractivity contribution < 1.29 is 9.18 Å². The summed E-state index contributed by atoms with van der Waals surface area (Å²) < 4.78 is 14.6. The number of amides is 1. The van der Waals surface area contributed by atoms with Crippen LogP contribution >= 0.6 is 0 Å². The van der Waals surface area contributed by atoms with Crippen LogP contribution in [0.5, 0.6) is 0 Å². The number of rotatable bonds is 4. The van der Waals surface area contributed by atoms with Crippen LogP contribution in [0.15, 0.2) is 59.7 Å². The molecule has 1 saturated heterocycles. The van der Waals surface area contributed by atoms with Crippen LogP contribution in [0.1, 0.15) is 30.1 Å². The minimum absolute atomic E-state index is 0.0124. The van der Waals surface area contributed by atoms with E-state index in [4.69, 9.17) is 4.98 Å². The monoisotopic (exact) mass is 406 g/mol. The van der Waals surface area contributed by atoms with Crippen LogP contribution in [0, 0.1) is 12.7 Å². The second-order valence-corrected chi connectivity index (χ2v) is 7.64. The number of nitrogens with zero attached hydrogens (tertiary/aromatic N) is 4. The van der Waals surface area contributed by atoms with E-state index in [1.807, 2.05) is 19.1 Å². The Hall–Kier alpha value is -3.35. The molecule has 0 saturated carbocycles. The van der Waals surface area contributed by atoms with Crippen LogP contribution in [-0.4, -0.2) is 38.4 Å². The summed E-state index contributed by atoms with van der Waals surface area (Å²) in [4.78, 5) is 34.8. The summed E-state index contributed by atoms with van der Waals surface area (Å²) in [5.74, 6) is -0.243. The zero-order valence-electron chi connectivity index (χ0n) is 16.8. The van der Waals surface area contributed by atoms with Crippen molar-refractivity contribution in [2.75, 3.05) is 13.1 Å². The maximum Gasteiger partial charge on any atom is 0.347 e. The number of piperidine rings is 1. The van der Waals surface area contributed by atoms with Gasteiger partial charge in [0.2, 0.25) is 5.91 Å². The molecule has 6 nitrogen and oxygen atoms in total. The van der Waals surface area contributed by atoms with E-state index in [1.54, 1.807) is 29.3 Å². The van der Waals surface area contributed by atoms with E-state index in [0.717, 1.165) is 35.4 Å². The number of benzene rings is 1. The van der Waals surface area contributed by atoms with Crippen LogP contribution in [-0.2, 0) is 11.3 Å². The van der Waals surface area contributed by atoms with Gasteiger partial charge in [-0.15, -0.1) is 0 Å². The smallest absolute Gasteiger partial charge is 0.340 e. The van der Waals surface area contributed by atoms with Crippen molar-refractivity contribution in [3.8, 4) is 11.1 Å². The summed E-state index contributed by atoms with van der Waals surface area (Å²) in [6, 6.07) is 12.1. The largest absolute Gasteiger partial charge is 0.347 e. The summed E-state index contributed by atoms with van der Waals surface area (Å²) in [7, 11) is 0. The molecule has 7 heteroatoms. The van der Waals surface area contributed by atoms with E-state index in [9.17, 15) is 14.0 Å². The van der Waals surface area contributed by atoms with E-state index in [1.165, 1.54) is 22.9 Å². The van der Waals surface area contributed by atoms with Crippen LogP contribution in [0.25, 0.3) is 11.1 Å². The van der Waals surface area contributed by atoms with Crippen LogP contribution < -0.4 is 5.69 Å². The molecule has 0 aliphatic carbocycles. The minimum atomic E-state index is -0.427. The van der Waals surface area contributed by atoms with Gasteiger partial charge >= 0.3 is 5.69 Å². The topological polar surface area (TPSA) is 68.1 Å². The number of pyridine rings is 1. The molecule has 1 fully saturated rings. The van der Waals surface area contributed by atoms with Gasteiger partial charge in [-0.2, -0.15) is 0 Å². The van der Waals surface area contributed by atoms with Gasteiger partial charge in [-0.05, 0) is 61.2 Å². The molecule has 30 heavy (non-hydrogen) atoms. The van der Waals surface area contributed by atoms with Crippen LogP contribution in [0.4, 0.5) is 4.39 Å². The van der Waals surface area contributed by atoms with Gasteiger partial charge in [0.15, 0.2) is 0 Å². The molecular formula is C23H23FN4O2. The fourth-order valence-electron chi connectivity index (χ4n) is 3.91. The predicted molar refractivity (Wildman–Crippen MR) is 111 cm³/mol. The lowest BCUT2D eigenvalue weighted by Gasteiger charge is -2.33. The average molecular weight is 406 g/mol. The van der Waals surface area contributed by atoms with E-state index in [-0.39, 0.29) is 24.2 Å². The fourth-order valence-corrected chi connectivity index (χ4v) is 3.91. The highest BCUT2D eigenvalue weighted by molar-refractivity contribution is 5.76. The number of hydrogen-bond donors (Lipinski definition) is 0. The number of halogens is 1. The Balaban J connectivity index is 1.53. The number of carbonyl (C=O) groups excluding carboxylic acids is 1. The van der Waals surface area contributed by atoms with Crippen molar-refractivity contribution in [2.24, 2.45) is 0 Å². The quantitative estimate of drug-likeness (QED) is 0.668. The van der Waals surface area contributed by atoms with Gasteiger partial charge in [-0.1, -0.05) is 12.1 Å². The van der Waals surface area contributed by atoms with Gasteiger partial charge in [0.1, 0.15) is 12.4 Å². The molecule has 3 heterocycles. The molecule has 0 N–H and O–H groups in total. The van der Waals surface area contributed by atoms with E-state index in [2.05, 4.69) is 4.98 Å².